The van der Waals surface area contributed by atoms with Crippen LogP contribution < -0.4 is 5.32 Å². The molecule has 1 unspecified atom stereocenters. The van der Waals surface area contributed by atoms with E-state index in [-0.39, 0.29) is 5.54 Å². The maximum absolute atomic E-state index is 3.80. The predicted octanol–water partition coefficient (Wildman–Crippen LogP) is 3.53. The third kappa shape index (κ3) is 2.64. The summed E-state index contributed by atoms with van der Waals surface area (Å²) < 4.78 is 0. The maximum Gasteiger partial charge on any atom is 0.0535 e. The standard InChI is InChI=1S/C18H28N2/c1-17(11-6-7-12-17)20-14-8-13-19-18(2,15-20)16-9-4-3-5-10-16/h3-5,9-10,19H,6-8,11-15H2,1-2H3. The molecule has 2 nitrogen and oxygen atoms in total. The van der Waals surface area contributed by atoms with Crippen LogP contribution in [0.25, 0.3) is 0 Å². The van der Waals surface area contributed by atoms with Gasteiger partial charge in [0.05, 0.1) is 5.54 Å². The Morgan fingerprint density at radius 1 is 1.00 bits per heavy atom. The summed E-state index contributed by atoms with van der Waals surface area (Å²) in [5.41, 5.74) is 1.94. The first-order chi connectivity index (χ1) is 9.62. The minimum atomic E-state index is 0.0867. The van der Waals surface area contributed by atoms with Gasteiger partial charge in [-0.1, -0.05) is 43.2 Å². The second-order valence-corrected chi connectivity index (χ2v) is 7.10. The lowest BCUT2D eigenvalue weighted by molar-refractivity contribution is 0.0874. The van der Waals surface area contributed by atoms with Crippen molar-refractivity contribution in [3.63, 3.8) is 0 Å². The fourth-order valence-electron chi connectivity index (χ4n) is 4.06. The molecule has 2 heteroatoms. The van der Waals surface area contributed by atoms with Gasteiger partial charge in [-0.15, -0.1) is 0 Å². The molecule has 1 aliphatic carbocycles. The molecule has 2 aliphatic rings. The van der Waals surface area contributed by atoms with Crippen molar-refractivity contribution in [1.82, 2.24) is 10.2 Å². The molecular formula is C18H28N2. The van der Waals surface area contributed by atoms with E-state index in [9.17, 15) is 0 Å². The van der Waals surface area contributed by atoms with Crippen LogP contribution in [-0.2, 0) is 5.54 Å². The van der Waals surface area contributed by atoms with Crippen molar-refractivity contribution in [2.45, 2.75) is 57.0 Å². The minimum absolute atomic E-state index is 0.0867. The van der Waals surface area contributed by atoms with Gasteiger partial charge in [-0.05, 0) is 51.8 Å². The highest BCUT2D eigenvalue weighted by molar-refractivity contribution is 5.25. The van der Waals surface area contributed by atoms with E-state index in [4.69, 9.17) is 0 Å². The molecule has 1 saturated carbocycles. The Labute approximate surface area is 123 Å². The predicted molar refractivity (Wildman–Crippen MR) is 84.9 cm³/mol. The Hall–Kier alpha value is -0.860. The van der Waals surface area contributed by atoms with Crippen LogP contribution in [-0.4, -0.2) is 30.1 Å². The summed E-state index contributed by atoms with van der Waals surface area (Å²) >= 11 is 0. The first-order valence-corrected chi connectivity index (χ1v) is 8.18. The largest absolute Gasteiger partial charge is 0.307 e. The molecule has 2 fully saturated rings. The summed E-state index contributed by atoms with van der Waals surface area (Å²) in [5.74, 6) is 0. The van der Waals surface area contributed by atoms with Crippen LogP contribution in [0.3, 0.4) is 0 Å². The Balaban J connectivity index is 1.85. The third-order valence-electron chi connectivity index (χ3n) is 5.48. The maximum atomic E-state index is 3.80. The number of hydrogen-bond acceptors (Lipinski definition) is 2. The van der Waals surface area contributed by atoms with Gasteiger partial charge < -0.3 is 5.32 Å². The lowest BCUT2D eigenvalue weighted by Gasteiger charge is -2.42. The van der Waals surface area contributed by atoms with Crippen molar-refractivity contribution < 1.29 is 0 Å². The summed E-state index contributed by atoms with van der Waals surface area (Å²) in [5, 5.41) is 3.80. The fraction of sp³-hybridized carbons (Fsp3) is 0.667. The van der Waals surface area contributed by atoms with Crippen molar-refractivity contribution in [2.75, 3.05) is 19.6 Å². The van der Waals surface area contributed by atoms with Gasteiger partial charge in [0.1, 0.15) is 0 Å². The monoisotopic (exact) mass is 272 g/mol. The van der Waals surface area contributed by atoms with Gasteiger partial charge in [-0.2, -0.15) is 0 Å². The number of hydrogen-bond donors (Lipinski definition) is 1. The molecular weight excluding hydrogens is 244 g/mol. The Morgan fingerprint density at radius 2 is 1.70 bits per heavy atom. The number of nitrogens with one attached hydrogen (secondary N) is 1. The zero-order valence-corrected chi connectivity index (χ0v) is 13.0. The highest BCUT2D eigenvalue weighted by atomic mass is 15.2. The van der Waals surface area contributed by atoms with E-state index in [0.717, 1.165) is 13.1 Å². The molecule has 0 spiro atoms. The van der Waals surface area contributed by atoms with E-state index in [1.54, 1.807) is 0 Å². The first-order valence-electron chi connectivity index (χ1n) is 8.18. The summed E-state index contributed by atoms with van der Waals surface area (Å²) in [6.07, 6.45) is 6.82. The second kappa shape index (κ2) is 5.50. The highest BCUT2D eigenvalue weighted by Crippen LogP contribution is 2.37. The Kier molecular flexibility index (Phi) is 3.87. The van der Waals surface area contributed by atoms with Gasteiger partial charge in [-0.3, -0.25) is 4.90 Å². The zero-order chi connectivity index (χ0) is 14.1. The number of benzene rings is 1. The van der Waals surface area contributed by atoms with Crippen LogP contribution in [0.2, 0.25) is 0 Å². The van der Waals surface area contributed by atoms with E-state index >= 15 is 0 Å². The van der Waals surface area contributed by atoms with Gasteiger partial charge in [0.2, 0.25) is 0 Å². The van der Waals surface area contributed by atoms with Crippen LogP contribution in [0.1, 0.15) is 51.5 Å². The number of rotatable bonds is 2. The molecule has 3 rings (SSSR count). The first kappa shape index (κ1) is 14.1. The van der Waals surface area contributed by atoms with Crippen LogP contribution >= 0.6 is 0 Å². The van der Waals surface area contributed by atoms with Crippen LogP contribution in [0.15, 0.2) is 30.3 Å². The summed E-state index contributed by atoms with van der Waals surface area (Å²) in [6.45, 7) is 8.35. The van der Waals surface area contributed by atoms with Crippen LogP contribution in [0, 0.1) is 0 Å². The van der Waals surface area contributed by atoms with E-state index in [2.05, 4.69) is 54.4 Å². The lowest BCUT2D eigenvalue weighted by atomic mass is 9.89. The zero-order valence-electron chi connectivity index (χ0n) is 13.0. The van der Waals surface area contributed by atoms with Crippen LogP contribution in [0.5, 0.6) is 0 Å². The van der Waals surface area contributed by atoms with Gasteiger partial charge in [0.15, 0.2) is 0 Å². The van der Waals surface area contributed by atoms with Gasteiger partial charge in [-0.25, -0.2) is 0 Å². The highest BCUT2D eigenvalue weighted by Gasteiger charge is 2.40. The van der Waals surface area contributed by atoms with Crippen molar-refractivity contribution in [3.05, 3.63) is 35.9 Å². The SMILES string of the molecule is CC1(c2ccccc2)CN(C2(C)CCCC2)CCCN1. The van der Waals surface area contributed by atoms with Gasteiger partial charge in [0, 0.05) is 12.1 Å². The van der Waals surface area contributed by atoms with Gasteiger partial charge >= 0.3 is 0 Å². The third-order valence-corrected chi connectivity index (χ3v) is 5.48. The molecule has 1 N–H and O–H groups in total. The Morgan fingerprint density at radius 3 is 2.40 bits per heavy atom. The molecule has 1 heterocycles. The van der Waals surface area contributed by atoms with E-state index < -0.39 is 0 Å². The minimum Gasteiger partial charge on any atom is -0.307 e. The smallest absolute Gasteiger partial charge is 0.0535 e. The molecule has 0 amide bonds. The molecule has 0 aromatic heterocycles. The van der Waals surface area contributed by atoms with E-state index in [0.29, 0.717) is 5.54 Å². The van der Waals surface area contributed by atoms with Crippen molar-refractivity contribution in [3.8, 4) is 0 Å². The fourth-order valence-corrected chi connectivity index (χ4v) is 4.06. The molecule has 1 aliphatic heterocycles. The second-order valence-electron chi connectivity index (χ2n) is 7.10. The molecule has 1 aromatic rings. The van der Waals surface area contributed by atoms with Crippen LogP contribution in [0.4, 0.5) is 0 Å². The van der Waals surface area contributed by atoms with Crippen molar-refractivity contribution in [2.24, 2.45) is 0 Å². The molecule has 1 atom stereocenters. The van der Waals surface area contributed by atoms with Gasteiger partial charge in [0.25, 0.3) is 0 Å². The average Bonchev–Trinajstić information content (AvgIpc) is 2.80. The molecule has 1 aromatic carbocycles. The topological polar surface area (TPSA) is 15.3 Å². The number of nitrogens with zero attached hydrogens (tertiary/aromatic N) is 1. The molecule has 20 heavy (non-hydrogen) atoms. The average molecular weight is 272 g/mol. The lowest BCUT2D eigenvalue weighted by Crippen LogP contribution is -2.52. The van der Waals surface area contributed by atoms with Crippen molar-refractivity contribution in [1.29, 1.82) is 0 Å². The normalized spacial score (nSPS) is 31.1. The quantitative estimate of drug-likeness (QED) is 0.886. The molecule has 0 bridgehead atoms. The summed E-state index contributed by atoms with van der Waals surface area (Å²) in [4.78, 5) is 2.77. The Bertz CT molecular complexity index is 436. The van der Waals surface area contributed by atoms with Crippen molar-refractivity contribution >= 4 is 0 Å². The molecule has 0 radical (unpaired) electrons. The van der Waals surface area contributed by atoms with E-state index in [1.807, 2.05) is 0 Å². The van der Waals surface area contributed by atoms with E-state index in [1.165, 1.54) is 44.2 Å². The molecule has 1 saturated heterocycles. The summed E-state index contributed by atoms with van der Waals surface area (Å²) in [7, 11) is 0. The summed E-state index contributed by atoms with van der Waals surface area (Å²) in [6, 6.07) is 11.0. The molecule has 110 valence electrons.